The molecular formula is C23H31F3N2O5. The molecule has 0 aromatic heterocycles. The number of ether oxygens (including phenoxy) is 2. The van der Waals surface area contributed by atoms with Crippen molar-refractivity contribution in [2.24, 2.45) is 17.3 Å². The number of benzene rings is 1. The number of nitrogens with zero attached hydrogens (tertiary/aromatic N) is 2. The molecule has 33 heavy (non-hydrogen) atoms. The first kappa shape index (κ1) is 25.3. The van der Waals surface area contributed by atoms with E-state index in [1.54, 1.807) is 7.11 Å². The van der Waals surface area contributed by atoms with E-state index in [0.29, 0.717) is 5.92 Å². The molecule has 2 heterocycles. The largest absolute Gasteiger partial charge is 0.490 e. The first-order valence-electron chi connectivity index (χ1n) is 11.1. The van der Waals surface area contributed by atoms with Gasteiger partial charge in [-0.15, -0.1) is 0 Å². The van der Waals surface area contributed by atoms with Crippen LogP contribution in [0.25, 0.3) is 0 Å². The number of likely N-dealkylation sites (tertiary alicyclic amines) is 2. The van der Waals surface area contributed by atoms with E-state index in [2.05, 4.69) is 4.90 Å². The Labute approximate surface area is 191 Å². The van der Waals surface area contributed by atoms with Crippen LogP contribution >= 0.6 is 0 Å². The Balaban J connectivity index is 0.000000383. The van der Waals surface area contributed by atoms with Crippen LogP contribution in [0, 0.1) is 17.3 Å². The van der Waals surface area contributed by atoms with E-state index in [-0.39, 0.29) is 17.9 Å². The van der Waals surface area contributed by atoms with Gasteiger partial charge in [-0.3, -0.25) is 4.79 Å². The van der Waals surface area contributed by atoms with Crippen molar-refractivity contribution in [3.63, 3.8) is 0 Å². The molecule has 3 aliphatic rings. The van der Waals surface area contributed by atoms with E-state index < -0.39 is 12.1 Å². The van der Waals surface area contributed by atoms with Gasteiger partial charge < -0.3 is 24.4 Å². The number of carbonyl (C=O) groups excluding carboxylic acids is 1. The molecule has 2 saturated heterocycles. The zero-order valence-corrected chi connectivity index (χ0v) is 18.7. The van der Waals surface area contributed by atoms with E-state index >= 15 is 0 Å². The lowest BCUT2D eigenvalue weighted by atomic mass is 9.77. The second kappa shape index (κ2) is 10.7. The number of carboxylic acid groups (broad SMARTS) is 1. The minimum absolute atomic E-state index is 0.0996. The van der Waals surface area contributed by atoms with Crippen LogP contribution < -0.4 is 4.74 Å². The normalized spacial score (nSPS) is 25.1. The Morgan fingerprint density at radius 3 is 2.42 bits per heavy atom. The fraction of sp³-hybridized carbons (Fsp3) is 0.652. The van der Waals surface area contributed by atoms with E-state index in [1.807, 2.05) is 35.2 Å². The third kappa shape index (κ3) is 7.07. The fourth-order valence-electron chi connectivity index (χ4n) is 4.70. The van der Waals surface area contributed by atoms with Gasteiger partial charge in [-0.1, -0.05) is 18.2 Å². The molecule has 1 aromatic rings. The highest BCUT2D eigenvalue weighted by Gasteiger charge is 2.51. The molecule has 1 aliphatic carbocycles. The van der Waals surface area contributed by atoms with Gasteiger partial charge in [0.05, 0.1) is 6.61 Å². The van der Waals surface area contributed by atoms with E-state index in [1.165, 1.54) is 19.4 Å². The van der Waals surface area contributed by atoms with Gasteiger partial charge in [-0.25, -0.2) is 4.79 Å². The van der Waals surface area contributed by atoms with E-state index in [9.17, 15) is 18.0 Å². The number of halogens is 3. The van der Waals surface area contributed by atoms with Gasteiger partial charge in [0.25, 0.3) is 5.91 Å². The average Bonchev–Trinajstić information content (AvgIpc) is 3.38. The lowest BCUT2D eigenvalue weighted by Gasteiger charge is -2.30. The number of amides is 1. The number of aliphatic carboxylic acids is 1. The Hall–Kier alpha value is -2.33. The van der Waals surface area contributed by atoms with Crippen LogP contribution in [0.4, 0.5) is 13.2 Å². The number of carbonyl (C=O) groups is 2. The van der Waals surface area contributed by atoms with Gasteiger partial charge in [-0.05, 0) is 37.3 Å². The molecule has 2 aliphatic heterocycles. The Bertz CT molecular complexity index is 803. The van der Waals surface area contributed by atoms with Crippen LogP contribution in [0.3, 0.4) is 0 Å². The average molecular weight is 473 g/mol. The van der Waals surface area contributed by atoms with Crippen molar-refractivity contribution < 1.29 is 37.3 Å². The van der Waals surface area contributed by atoms with Gasteiger partial charge in [0.1, 0.15) is 5.75 Å². The second-order valence-electron chi connectivity index (χ2n) is 9.12. The molecule has 10 heteroatoms. The molecule has 2 atom stereocenters. The van der Waals surface area contributed by atoms with Crippen molar-refractivity contribution in [1.29, 1.82) is 0 Å². The summed E-state index contributed by atoms with van der Waals surface area (Å²) in [5.74, 6) is -0.468. The highest BCUT2D eigenvalue weighted by atomic mass is 19.4. The van der Waals surface area contributed by atoms with Gasteiger partial charge >= 0.3 is 12.1 Å². The quantitative estimate of drug-likeness (QED) is 0.658. The lowest BCUT2D eigenvalue weighted by Crippen LogP contribution is -2.39. The maximum Gasteiger partial charge on any atom is 0.490 e. The summed E-state index contributed by atoms with van der Waals surface area (Å²) in [4.78, 5) is 26.2. The monoisotopic (exact) mass is 472 g/mol. The van der Waals surface area contributed by atoms with Gasteiger partial charge in [0.2, 0.25) is 0 Å². The summed E-state index contributed by atoms with van der Waals surface area (Å²) in [7, 11) is 1.79. The Morgan fingerprint density at radius 1 is 1.18 bits per heavy atom. The summed E-state index contributed by atoms with van der Waals surface area (Å²) in [6.07, 6.45) is -1.22. The van der Waals surface area contributed by atoms with Crippen LogP contribution in [0.1, 0.15) is 19.3 Å². The summed E-state index contributed by atoms with van der Waals surface area (Å²) < 4.78 is 42.9. The predicted octanol–water partition coefficient (Wildman–Crippen LogP) is 2.91. The van der Waals surface area contributed by atoms with Crippen LogP contribution in [0.5, 0.6) is 5.75 Å². The molecule has 0 unspecified atom stereocenters. The first-order valence-corrected chi connectivity index (χ1v) is 11.1. The van der Waals surface area contributed by atoms with Crippen molar-refractivity contribution in [3.8, 4) is 5.75 Å². The van der Waals surface area contributed by atoms with Crippen molar-refractivity contribution in [2.45, 2.75) is 25.4 Å². The maximum atomic E-state index is 12.6. The summed E-state index contributed by atoms with van der Waals surface area (Å²) in [5.41, 5.74) is 0.202. The third-order valence-electron chi connectivity index (χ3n) is 6.55. The van der Waals surface area contributed by atoms with Crippen molar-refractivity contribution in [3.05, 3.63) is 30.3 Å². The van der Waals surface area contributed by atoms with Gasteiger partial charge in [-0.2, -0.15) is 13.2 Å². The highest BCUT2D eigenvalue weighted by molar-refractivity contribution is 5.78. The highest BCUT2D eigenvalue weighted by Crippen LogP contribution is 2.45. The molecule has 0 radical (unpaired) electrons. The predicted molar refractivity (Wildman–Crippen MR) is 114 cm³/mol. The summed E-state index contributed by atoms with van der Waals surface area (Å²) in [5, 5.41) is 7.12. The number of para-hydroxylation sites is 1. The minimum atomic E-state index is -5.08. The first-order chi connectivity index (χ1) is 15.6. The molecule has 1 amide bonds. The molecule has 4 rings (SSSR count). The number of methoxy groups -OCH3 is 1. The molecular weight excluding hydrogens is 441 g/mol. The number of hydrogen-bond acceptors (Lipinski definition) is 5. The van der Waals surface area contributed by atoms with Crippen molar-refractivity contribution in [1.82, 2.24) is 9.80 Å². The molecule has 1 spiro atoms. The van der Waals surface area contributed by atoms with Crippen molar-refractivity contribution in [2.75, 3.05) is 53.0 Å². The Kier molecular flexibility index (Phi) is 8.23. The molecule has 1 aromatic carbocycles. The number of alkyl halides is 3. The number of carboxylic acids is 1. The summed E-state index contributed by atoms with van der Waals surface area (Å²) in [6.45, 7) is 6.07. The SMILES string of the molecule is COC[C@@H]1CN(CC2CC2)C[C@@]12CCN(C(=O)COc1ccccc1)C2.O=C(O)C(F)(F)F. The molecule has 7 nitrogen and oxygen atoms in total. The zero-order valence-electron chi connectivity index (χ0n) is 18.7. The van der Waals surface area contributed by atoms with Gasteiger partial charge in [0.15, 0.2) is 6.61 Å². The topological polar surface area (TPSA) is 79.3 Å². The molecule has 1 N–H and O–H groups in total. The fourth-order valence-corrected chi connectivity index (χ4v) is 4.70. The molecule has 3 fully saturated rings. The molecule has 1 saturated carbocycles. The number of hydrogen-bond donors (Lipinski definition) is 1. The van der Waals surface area contributed by atoms with E-state index in [0.717, 1.165) is 50.9 Å². The second-order valence-corrected chi connectivity index (χ2v) is 9.12. The van der Waals surface area contributed by atoms with Crippen molar-refractivity contribution >= 4 is 11.9 Å². The standard InChI is InChI=1S/C21H30N2O3.C2HF3O2/c1-25-13-18-12-22(11-17-7-8-17)15-21(18)9-10-23(16-21)20(24)14-26-19-5-3-2-4-6-19;3-2(4,5)1(6)7/h2-6,17-18H,7-16H2,1H3;(H,6,7)/t18-,21+;/m0./s1. The Morgan fingerprint density at radius 2 is 1.85 bits per heavy atom. The summed E-state index contributed by atoms with van der Waals surface area (Å²) >= 11 is 0. The lowest BCUT2D eigenvalue weighted by molar-refractivity contribution is -0.192. The maximum absolute atomic E-state index is 12.6. The minimum Gasteiger partial charge on any atom is -0.484 e. The number of rotatable bonds is 7. The van der Waals surface area contributed by atoms with Crippen LogP contribution in [0.15, 0.2) is 30.3 Å². The van der Waals surface area contributed by atoms with Crippen LogP contribution in [-0.2, 0) is 14.3 Å². The van der Waals surface area contributed by atoms with Crippen LogP contribution in [0.2, 0.25) is 0 Å². The zero-order chi connectivity index (χ0) is 24.1. The third-order valence-corrected chi connectivity index (χ3v) is 6.55. The smallest absolute Gasteiger partial charge is 0.484 e. The summed E-state index contributed by atoms with van der Waals surface area (Å²) in [6, 6.07) is 9.57. The van der Waals surface area contributed by atoms with Crippen LogP contribution in [-0.4, -0.2) is 86.0 Å². The van der Waals surface area contributed by atoms with Gasteiger partial charge in [0, 0.05) is 51.2 Å². The molecule has 184 valence electrons. The van der Waals surface area contributed by atoms with E-state index in [4.69, 9.17) is 19.4 Å². The molecule has 0 bridgehead atoms.